The average Bonchev–Trinajstić information content (AvgIpc) is 1.68. The first-order valence-corrected chi connectivity index (χ1v) is 2.35. The highest BCUT2D eigenvalue weighted by Gasteiger charge is 1.88. The molecule has 1 radical (unpaired) electrons. The van der Waals surface area contributed by atoms with Gasteiger partial charge in [-0.3, -0.25) is 0 Å². The Bertz CT molecular complexity index is 39.1. The third-order valence-electron chi connectivity index (χ3n) is 0.848. The summed E-state index contributed by atoms with van der Waals surface area (Å²) >= 11 is 0. The molecule has 0 bridgehead atoms. The number of nitrogens with zero attached hydrogens (tertiary/aromatic N) is 1. The van der Waals surface area contributed by atoms with Crippen molar-refractivity contribution in [2.75, 3.05) is 26.8 Å². The lowest BCUT2D eigenvalue weighted by atomic mass is 10.6. The predicted octanol–water partition coefficient (Wildman–Crippen LogP) is 0.722. The Morgan fingerprint density at radius 1 is 1.71 bits per heavy atom. The first-order valence-electron chi connectivity index (χ1n) is 2.35. The fourth-order valence-electron chi connectivity index (χ4n) is 0.256. The van der Waals surface area contributed by atoms with E-state index in [0.717, 1.165) is 0 Å². The largest absolute Gasteiger partial charge is 0.304 e. The molecule has 0 aromatic rings. The van der Waals surface area contributed by atoms with E-state index >= 15 is 0 Å². The highest BCUT2D eigenvalue weighted by Crippen LogP contribution is 1.77. The van der Waals surface area contributed by atoms with Gasteiger partial charge in [-0.25, -0.2) is 4.39 Å². The molecule has 7 heavy (non-hydrogen) atoms. The van der Waals surface area contributed by atoms with Crippen LogP contribution in [0.25, 0.3) is 0 Å². The molecule has 0 rings (SSSR count). The average molecular weight is 104 g/mol. The second kappa shape index (κ2) is 4.06. The summed E-state index contributed by atoms with van der Waals surface area (Å²) in [5.74, 6) is 0. The highest BCUT2D eigenvalue weighted by atomic mass is 19.1. The van der Waals surface area contributed by atoms with Crippen molar-refractivity contribution in [1.29, 1.82) is 0 Å². The summed E-state index contributed by atoms with van der Waals surface area (Å²) in [5, 5.41) is 0. The fourth-order valence-corrected chi connectivity index (χ4v) is 0.256. The SMILES string of the molecule is [CH2]CN(C)CCF. The van der Waals surface area contributed by atoms with E-state index in [9.17, 15) is 4.39 Å². The molecule has 0 unspecified atom stereocenters. The highest BCUT2D eigenvalue weighted by molar-refractivity contribution is 4.48. The van der Waals surface area contributed by atoms with Crippen LogP contribution in [0.1, 0.15) is 0 Å². The fraction of sp³-hybridized carbons (Fsp3) is 0.800. The summed E-state index contributed by atoms with van der Waals surface area (Å²) < 4.78 is 11.4. The van der Waals surface area contributed by atoms with Crippen LogP contribution in [-0.2, 0) is 0 Å². The van der Waals surface area contributed by atoms with Crippen LogP contribution in [0.2, 0.25) is 0 Å². The zero-order valence-electron chi connectivity index (χ0n) is 4.65. The van der Waals surface area contributed by atoms with Gasteiger partial charge in [0.05, 0.1) is 0 Å². The van der Waals surface area contributed by atoms with Gasteiger partial charge in [-0.2, -0.15) is 0 Å². The molecule has 0 saturated heterocycles. The summed E-state index contributed by atoms with van der Waals surface area (Å²) in [6.45, 7) is 4.48. The van der Waals surface area contributed by atoms with Crippen molar-refractivity contribution >= 4 is 0 Å². The molecule has 43 valence electrons. The van der Waals surface area contributed by atoms with Crippen molar-refractivity contribution in [1.82, 2.24) is 4.90 Å². The van der Waals surface area contributed by atoms with Crippen molar-refractivity contribution in [3.8, 4) is 0 Å². The molecule has 0 amide bonds. The van der Waals surface area contributed by atoms with E-state index in [1.165, 1.54) is 0 Å². The predicted molar refractivity (Wildman–Crippen MR) is 28.8 cm³/mol. The van der Waals surface area contributed by atoms with Crippen LogP contribution >= 0.6 is 0 Å². The van der Waals surface area contributed by atoms with Crippen LogP contribution in [0.5, 0.6) is 0 Å². The molecule has 0 N–H and O–H groups in total. The standard InChI is InChI=1S/C5H11FN/c1-3-7(2)5-4-6/h1,3-5H2,2H3. The maximum Gasteiger partial charge on any atom is 0.102 e. The summed E-state index contributed by atoms with van der Waals surface area (Å²) in [4.78, 5) is 1.82. The van der Waals surface area contributed by atoms with Crippen molar-refractivity contribution in [2.24, 2.45) is 0 Å². The lowest BCUT2D eigenvalue weighted by molar-refractivity contribution is 0.319. The Balaban J connectivity index is 2.83. The molecule has 0 aliphatic rings. The van der Waals surface area contributed by atoms with Crippen LogP contribution in [0.15, 0.2) is 0 Å². The van der Waals surface area contributed by atoms with Gasteiger partial charge >= 0.3 is 0 Å². The van der Waals surface area contributed by atoms with Crippen molar-refractivity contribution in [3.63, 3.8) is 0 Å². The molecule has 0 aliphatic carbocycles. The Kier molecular flexibility index (Phi) is 4.00. The topological polar surface area (TPSA) is 3.24 Å². The van der Waals surface area contributed by atoms with Crippen LogP contribution in [0.4, 0.5) is 4.39 Å². The maximum absolute atomic E-state index is 11.4. The van der Waals surface area contributed by atoms with E-state index in [0.29, 0.717) is 13.1 Å². The van der Waals surface area contributed by atoms with Crippen LogP contribution in [0, 0.1) is 6.92 Å². The summed E-state index contributed by atoms with van der Waals surface area (Å²) in [6, 6.07) is 0. The van der Waals surface area contributed by atoms with Crippen LogP contribution < -0.4 is 0 Å². The molecular formula is C5H11FN. The summed E-state index contributed by atoms with van der Waals surface area (Å²) in [5.41, 5.74) is 0. The monoisotopic (exact) mass is 104 g/mol. The Morgan fingerprint density at radius 3 is 2.43 bits per heavy atom. The van der Waals surface area contributed by atoms with Crippen LogP contribution in [-0.4, -0.2) is 31.7 Å². The molecule has 1 nitrogen and oxygen atoms in total. The number of alkyl halides is 1. The number of halogens is 1. The number of rotatable bonds is 3. The quantitative estimate of drug-likeness (QED) is 0.510. The van der Waals surface area contributed by atoms with Gasteiger partial charge in [0.15, 0.2) is 0 Å². The summed E-state index contributed by atoms with van der Waals surface area (Å²) in [6.07, 6.45) is 0. The number of hydrogen-bond acceptors (Lipinski definition) is 1. The number of hydrogen-bond donors (Lipinski definition) is 0. The maximum atomic E-state index is 11.4. The van der Waals surface area contributed by atoms with Gasteiger partial charge < -0.3 is 4.90 Å². The van der Waals surface area contributed by atoms with E-state index in [2.05, 4.69) is 6.92 Å². The van der Waals surface area contributed by atoms with Crippen molar-refractivity contribution in [3.05, 3.63) is 6.92 Å². The van der Waals surface area contributed by atoms with Crippen molar-refractivity contribution < 1.29 is 4.39 Å². The minimum Gasteiger partial charge on any atom is -0.304 e. The molecule has 0 spiro atoms. The lowest BCUT2D eigenvalue weighted by Gasteiger charge is -2.08. The molecule has 0 saturated carbocycles. The molecule has 0 atom stereocenters. The Hall–Kier alpha value is -0.110. The van der Waals surface area contributed by atoms with Gasteiger partial charge in [-0.1, -0.05) is 0 Å². The minimum atomic E-state index is -0.272. The minimum absolute atomic E-state index is 0.272. The third-order valence-corrected chi connectivity index (χ3v) is 0.848. The second-order valence-electron chi connectivity index (χ2n) is 1.49. The molecule has 2 heteroatoms. The lowest BCUT2D eigenvalue weighted by Crippen LogP contribution is -2.19. The van der Waals surface area contributed by atoms with E-state index < -0.39 is 0 Å². The van der Waals surface area contributed by atoms with E-state index in [1.54, 1.807) is 0 Å². The van der Waals surface area contributed by atoms with Gasteiger partial charge in [0.2, 0.25) is 0 Å². The molecule has 0 aliphatic heterocycles. The molecule has 0 fully saturated rings. The van der Waals surface area contributed by atoms with Gasteiger partial charge in [0, 0.05) is 6.54 Å². The van der Waals surface area contributed by atoms with Crippen molar-refractivity contribution in [2.45, 2.75) is 0 Å². The zero-order chi connectivity index (χ0) is 5.70. The van der Waals surface area contributed by atoms with Crippen LogP contribution in [0.3, 0.4) is 0 Å². The summed E-state index contributed by atoms with van der Waals surface area (Å²) in [7, 11) is 1.84. The molecular weight excluding hydrogens is 93.1 g/mol. The normalized spacial score (nSPS) is 10.3. The van der Waals surface area contributed by atoms with E-state index in [4.69, 9.17) is 0 Å². The van der Waals surface area contributed by atoms with Gasteiger partial charge in [-0.15, -0.1) is 0 Å². The van der Waals surface area contributed by atoms with E-state index in [1.807, 2.05) is 11.9 Å². The van der Waals surface area contributed by atoms with Gasteiger partial charge in [-0.05, 0) is 20.5 Å². The van der Waals surface area contributed by atoms with E-state index in [-0.39, 0.29) is 6.67 Å². The smallest absolute Gasteiger partial charge is 0.102 e. The molecule has 0 heterocycles. The second-order valence-corrected chi connectivity index (χ2v) is 1.49. The molecule has 0 aromatic heterocycles. The zero-order valence-corrected chi connectivity index (χ0v) is 4.65. The third kappa shape index (κ3) is 3.73. The Morgan fingerprint density at radius 2 is 2.29 bits per heavy atom. The first-order chi connectivity index (χ1) is 3.31. The Labute approximate surface area is 44.1 Å². The molecule has 0 aromatic carbocycles. The first kappa shape index (κ1) is 6.89. The van der Waals surface area contributed by atoms with Gasteiger partial charge in [0.1, 0.15) is 6.67 Å². The van der Waals surface area contributed by atoms with Gasteiger partial charge in [0.25, 0.3) is 0 Å².